The van der Waals surface area contributed by atoms with Gasteiger partial charge in [-0.3, -0.25) is 0 Å². The summed E-state index contributed by atoms with van der Waals surface area (Å²) in [5.41, 5.74) is 7.21. The van der Waals surface area contributed by atoms with Crippen LogP contribution in [0.1, 0.15) is 13.8 Å². The average molecular weight is 163 g/mol. The summed E-state index contributed by atoms with van der Waals surface area (Å²) in [4.78, 5) is 7.02. The summed E-state index contributed by atoms with van der Waals surface area (Å²) >= 11 is 0. The smallest absolute Gasteiger partial charge is 0.139 e. The zero-order valence-corrected chi connectivity index (χ0v) is 7.33. The molecule has 0 bridgehead atoms. The third kappa shape index (κ3) is 1.39. The number of H-pyrrole nitrogens is 1. The zero-order chi connectivity index (χ0) is 8.97. The second-order valence-electron chi connectivity index (χ2n) is 2.14. The predicted molar refractivity (Wildman–Crippen MR) is 51.9 cm³/mol. The first kappa shape index (κ1) is 8.59. The number of nitrogen functional groups attached to an aromatic ring is 1. The molecule has 3 heteroatoms. The largest absolute Gasteiger partial charge is 0.397 e. The number of hydrogen-bond acceptors (Lipinski definition) is 2. The monoisotopic (exact) mass is 163 g/mol. The molecule has 0 aliphatic rings. The molecule has 0 spiro atoms. The van der Waals surface area contributed by atoms with Gasteiger partial charge in [0, 0.05) is 17.8 Å². The van der Waals surface area contributed by atoms with E-state index in [0.717, 1.165) is 16.7 Å². The Morgan fingerprint density at radius 2 is 2.17 bits per heavy atom. The fraction of sp³-hybridized carbons (Fsp3) is 0.222. The van der Waals surface area contributed by atoms with Gasteiger partial charge in [0.15, 0.2) is 0 Å². The van der Waals surface area contributed by atoms with E-state index in [1.807, 2.05) is 26.0 Å². The van der Waals surface area contributed by atoms with Crippen LogP contribution in [0.5, 0.6) is 0 Å². The van der Waals surface area contributed by atoms with E-state index in [1.165, 1.54) is 0 Å². The quantitative estimate of drug-likeness (QED) is 0.625. The normalized spacial score (nSPS) is 9.17. The summed E-state index contributed by atoms with van der Waals surface area (Å²) in [6.45, 7) is 4.00. The van der Waals surface area contributed by atoms with E-state index < -0.39 is 0 Å². The molecule has 0 saturated carbocycles. The minimum Gasteiger partial charge on any atom is -0.397 e. The number of hydrogen-bond donors (Lipinski definition) is 2. The highest BCUT2D eigenvalue weighted by Gasteiger charge is 1.96. The molecule has 0 atom stereocenters. The molecule has 0 saturated heterocycles. The van der Waals surface area contributed by atoms with E-state index >= 15 is 0 Å². The van der Waals surface area contributed by atoms with Crippen molar-refractivity contribution in [2.45, 2.75) is 13.8 Å². The summed E-state index contributed by atoms with van der Waals surface area (Å²) in [6, 6.07) is 3.81. The van der Waals surface area contributed by atoms with Crippen molar-refractivity contribution in [1.29, 1.82) is 0 Å². The third-order valence-corrected chi connectivity index (χ3v) is 1.48. The highest BCUT2D eigenvalue weighted by molar-refractivity contribution is 5.88. The predicted octanol–water partition coefficient (Wildman–Crippen LogP) is 2.17. The average Bonchev–Trinajstić information content (AvgIpc) is 2.53. The third-order valence-electron chi connectivity index (χ3n) is 1.48. The maximum atomic E-state index is 5.60. The van der Waals surface area contributed by atoms with Crippen LogP contribution in [-0.2, 0) is 0 Å². The van der Waals surface area contributed by atoms with Gasteiger partial charge >= 0.3 is 0 Å². The van der Waals surface area contributed by atoms with Crippen LogP contribution in [0, 0.1) is 0 Å². The highest BCUT2D eigenvalue weighted by atomic mass is 14.9. The number of aromatic nitrogens is 2. The molecule has 2 heterocycles. The lowest BCUT2D eigenvalue weighted by Crippen LogP contribution is -1.79. The van der Waals surface area contributed by atoms with Gasteiger partial charge in [-0.15, -0.1) is 0 Å². The maximum Gasteiger partial charge on any atom is 0.139 e. The summed E-state index contributed by atoms with van der Waals surface area (Å²) in [6.07, 6.45) is 3.48. The van der Waals surface area contributed by atoms with Crippen molar-refractivity contribution in [2.24, 2.45) is 0 Å². The van der Waals surface area contributed by atoms with Gasteiger partial charge in [-0.05, 0) is 12.1 Å². The van der Waals surface area contributed by atoms with Crippen LogP contribution >= 0.6 is 0 Å². The second-order valence-corrected chi connectivity index (χ2v) is 2.14. The van der Waals surface area contributed by atoms with Gasteiger partial charge < -0.3 is 10.7 Å². The van der Waals surface area contributed by atoms with E-state index in [4.69, 9.17) is 5.73 Å². The molecule has 0 unspecified atom stereocenters. The van der Waals surface area contributed by atoms with Gasteiger partial charge in [-0.2, -0.15) is 0 Å². The van der Waals surface area contributed by atoms with Gasteiger partial charge in [-0.1, -0.05) is 13.8 Å². The Morgan fingerprint density at radius 3 is 2.83 bits per heavy atom. The molecule has 2 rings (SSSR count). The van der Waals surface area contributed by atoms with Gasteiger partial charge in [-0.25, -0.2) is 4.98 Å². The summed E-state index contributed by atoms with van der Waals surface area (Å²) in [5.74, 6) is 0. The molecule has 0 aliphatic carbocycles. The molecule has 3 nitrogen and oxygen atoms in total. The maximum absolute atomic E-state index is 5.60. The number of nitrogens with one attached hydrogen (secondary N) is 1. The first-order valence-corrected chi connectivity index (χ1v) is 4.05. The number of pyridine rings is 1. The van der Waals surface area contributed by atoms with Gasteiger partial charge in [0.2, 0.25) is 0 Å². The van der Waals surface area contributed by atoms with Crippen LogP contribution < -0.4 is 5.73 Å². The number of fused-ring (bicyclic) bond motifs is 1. The minimum absolute atomic E-state index is 0.753. The molecule has 2 aromatic rings. The van der Waals surface area contributed by atoms with Gasteiger partial charge in [0.1, 0.15) is 5.65 Å². The van der Waals surface area contributed by atoms with Crippen molar-refractivity contribution in [3.05, 3.63) is 24.5 Å². The van der Waals surface area contributed by atoms with Crippen molar-refractivity contribution in [3.63, 3.8) is 0 Å². The number of anilines is 1. The lowest BCUT2D eigenvalue weighted by atomic mass is 10.3. The zero-order valence-electron chi connectivity index (χ0n) is 7.33. The minimum atomic E-state index is 0.753. The molecule has 0 radical (unpaired) electrons. The summed E-state index contributed by atoms with van der Waals surface area (Å²) in [7, 11) is 0. The summed E-state index contributed by atoms with van der Waals surface area (Å²) < 4.78 is 0. The lowest BCUT2D eigenvalue weighted by molar-refractivity contribution is 1.33. The van der Waals surface area contributed by atoms with E-state index in [-0.39, 0.29) is 0 Å². The van der Waals surface area contributed by atoms with E-state index in [0.29, 0.717) is 0 Å². The molecule has 64 valence electrons. The van der Waals surface area contributed by atoms with Crippen molar-refractivity contribution >= 4 is 16.7 Å². The molecule has 2 aromatic heterocycles. The summed E-state index contributed by atoms with van der Waals surface area (Å²) in [5, 5.41) is 0.988. The number of aromatic amines is 1. The number of rotatable bonds is 0. The molecule has 0 amide bonds. The fourth-order valence-electron chi connectivity index (χ4n) is 0.977. The number of nitrogens with two attached hydrogens (primary N) is 1. The van der Waals surface area contributed by atoms with E-state index in [9.17, 15) is 0 Å². The van der Waals surface area contributed by atoms with Crippen LogP contribution in [0.2, 0.25) is 0 Å². The highest BCUT2D eigenvalue weighted by Crippen LogP contribution is 2.16. The molecule has 0 aromatic carbocycles. The topological polar surface area (TPSA) is 54.7 Å². The molecular formula is C9H13N3. The Balaban J connectivity index is 0.000000336. The molecule has 0 fully saturated rings. The van der Waals surface area contributed by atoms with E-state index in [2.05, 4.69) is 9.97 Å². The van der Waals surface area contributed by atoms with Crippen LogP contribution in [0.25, 0.3) is 11.0 Å². The molecule has 3 N–H and O–H groups in total. The first-order valence-electron chi connectivity index (χ1n) is 4.05. The SMILES string of the molecule is CC.Nc1c[nH]c2ncccc12. The lowest BCUT2D eigenvalue weighted by Gasteiger charge is -1.86. The Bertz CT molecular complexity index is 351. The van der Waals surface area contributed by atoms with Crippen molar-refractivity contribution in [2.75, 3.05) is 5.73 Å². The Morgan fingerprint density at radius 1 is 1.42 bits per heavy atom. The second kappa shape index (κ2) is 3.76. The molecular weight excluding hydrogens is 150 g/mol. The van der Waals surface area contributed by atoms with Crippen LogP contribution in [0.3, 0.4) is 0 Å². The van der Waals surface area contributed by atoms with Gasteiger partial charge in [0.25, 0.3) is 0 Å². The van der Waals surface area contributed by atoms with Crippen LogP contribution in [-0.4, -0.2) is 9.97 Å². The first-order chi connectivity index (χ1) is 5.88. The van der Waals surface area contributed by atoms with Crippen molar-refractivity contribution in [1.82, 2.24) is 9.97 Å². The molecule has 0 aliphatic heterocycles. The Kier molecular flexibility index (Phi) is 2.69. The number of nitrogens with zero attached hydrogens (tertiary/aromatic N) is 1. The fourth-order valence-corrected chi connectivity index (χ4v) is 0.977. The van der Waals surface area contributed by atoms with Crippen molar-refractivity contribution < 1.29 is 0 Å². The molecule has 12 heavy (non-hydrogen) atoms. The van der Waals surface area contributed by atoms with E-state index in [1.54, 1.807) is 12.4 Å². The van der Waals surface area contributed by atoms with Crippen LogP contribution in [0.4, 0.5) is 5.69 Å². The Hall–Kier alpha value is -1.51. The van der Waals surface area contributed by atoms with Gasteiger partial charge in [0.05, 0.1) is 5.69 Å². The van der Waals surface area contributed by atoms with Crippen LogP contribution in [0.15, 0.2) is 24.5 Å². The Labute approximate surface area is 71.6 Å². The standard InChI is InChI=1S/C7H7N3.C2H6/c8-6-4-10-7-5(6)2-1-3-9-7;1-2/h1-4H,8H2,(H,9,10);1-2H3. The van der Waals surface area contributed by atoms with Crippen molar-refractivity contribution in [3.8, 4) is 0 Å².